The molecule has 0 aromatic rings. The topological polar surface area (TPSA) is 343 Å². The molecule has 12 N–H and O–H groups in total. The lowest BCUT2D eigenvalue weighted by atomic mass is 9.35. The van der Waals surface area contributed by atoms with Crippen LogP contribution in [0, 0.1) is 45.3 Å². The van der Waals surface area contributed by atoms with Crippen LogP contribution in [0.2, 0.25) is 0 Å². The van der Waals surface area contributed by atoms with E-state index in [0.29, 0.717) is 25.7 Å². The van der Waals surface area contributed by atoms with E-state index < -0.39 is 164 Å². The summed E-state index contributed by atoms with van der Waals surface area (Å²) in [6.07, 6.45) is -19.8. The molecule has 27 atom stereocenters. The standard InChI is InChI=1S/C53H88O22/c1-24-34(58)37(61)41(65)46(71-24)75-43-42(74-44-39(63)35(59)27(56)21-68-44)28(57)22-69-47(43)73-32-13-16-50(6)30(49(32,4)5)12-18-51(7)31(50)19-26(55)33-25(11-17-52(33,51)8)53(66,15-10-14-48(2,3)67-9)23-70-45-40(64)38(62)36(60)29(20-54)72-45/h10,14,24-25,27-47,54,56-66H,11-13,15-23H2,1-9H3/b14-10+/t24-,25-,27+,28-,29+,30-,31+,32-,33-,34-,35-,36+,37+,38-,39+,40+,41+,42-,43+,44-,45+,46-,47-,50-,51+,52+,53+/m0/s1. The molecule has 0 spiro atoms. The minimum atomic E-state index is -1.76. The van der Waals surface area contributed by atoms with Gasteiger partial charge in [0.25, 0.3) is 0 Å². The van der Waals surface area contributed by atoms with Gasteiger partial charge in [0, 0.05) is 25.4 Å². The summed E-state index contributed by atoms with van der Waals surface area (Å²) in [5.41, 5.74) is -4.26. The monoisotopic (exact) mass is 1080 g/mol. The van der Waals surface area contributed by atoms with Crippen molar-refractivity contribution in [2.45, 2.75) is 235 Å². The van der Waals surface area contributed by atoms with E-state index in [1.807, 2.05) is 19.9 Å². The highest BCUT2D eigenvalue weighted by molar-refractivity contribution is 5.84. The molecule has 0 aromatic heterocycles. The van der Waals surface area contributed by atoms with Gasteiger partial charge in [-0.25, -0.2) is 0 Å². The number of carbonyl (C=O) groups is 1. The smallest absolute Gasteiger partial charge is 0.187 e. The highest BCUT2D eigenvalue weighted by atomic mass is 16.8. The Morgan fingerprint density at radius 3 is 1.96 bits per heavy atom. The summed E-state index contributed by atoms with van der Waals surface area (Å²) >= 11 is 0. The average molecular weight is 1080 g/mol. The van der Waals surface area contributed by atoms with Crippen molar-refractivity contribution in [3.05, 3.63) is 12.2 Å². The molecule has 22 nitrogen and oxygen atoms in total. The number of Topliss-reactive ketones (excluding diaryl/α,β-unsaturated/α-hetero) is 1. The van der Waals surface area contributed by atoms with Crippen molar-refractivity contribution in [1.82, 2.24) is 0 Å². The molecule has 432 valence electrons. The largest absolute Gasteiger partial charge is 0.394 e. The Morgan fingerprint density at radius 2 is 1.28 bits per heavy atom. The van der Waals surface area contributed by atoms with Crippen LogP contribution < -0.4 is 0 Å². The van der Waals surface area contributed by atoms with Gasteiger partial charge in [0.2, 0.25) is 0 Å². The van der Waals surface area contributed by atoms with Gasteiger partial charge in [0.05, 0.1) is 49.8 Å². The third-order valence-electron chi connectivity index (χ3n) is 20.2. The predicted molar refractivity (Wildman–Crippen MR) is 259 cm³/mol. The normalized spacial score (nSPS) is 51.2. The van der Waals surface area contributed by atoms with E-state index in [4.69, 9.17) is 42.6 Å². The van der Waals surface area contributed by atoms with Gasteiger partial charge in [0.1, 0.15) is 85.1 Å². The van der Waals surface area contributed by atoms with Crippen LogP contribution in [0.25, 0.3) is 0 Å². The lowest BCUT2D eigenvalue weighted by Crippen LogP contribution is -2.67. The number of ketones is 1. The second kappa shape index (κ2) is 22.1. The molecule has 8 rings (SSSR count). The first-order valence-electron chi connectivity index (χ1n) is 27.0. The van der Waals surface area contributed by atoms with Crippen LogP contribution in [-0.4, -0.2) is 229 Å². The van der Waals surface area contributed by atoms with Gasteiger partial charge >= 0.3 is 0 Å². The Morgan fingerprint density at radius 1 is 0.667 bits per heavy atom. The molecule has 4 aliphatic heterocycles. The maximum Gasteiger partial charge on any atom is 0.187 e. The van der Waals surface area contributed by atoms with Crippen molar-refractivity contribution in [2.75, 3.05) is 33.5 Å². The molecule has 0 amide bonds. The fourth-order valence-corrected chi connectivity index (χ4v) is 15.3. The van der Waals surface area contributed by atoms with E-state index in [-0.39, 0.29) is 54.5 Å². The van der Waals surface area contributed by atoms with Crippen LogP contribution >= 0.6 is 0 Å². The SMILES string of the molecule is COC(C)(C)/C=C/C[C@@](O)(CO[C@@H]1O[C@H](CO)[C@@H](O)[C@H](O)[C@H]1O)[C@H]1CC[C@]2(C)[C@@H]1C(=O)C[C@@H]1[C@@]3(C)CC[C@H](O[C@@H]4OC[C@H](O)[C@H](O[C@@H]5OC[C@@H](O)[C@H](O)[C@H]5O)[C@H]4O[C@@H]4O[C@@H](C)[C@H](O)[C@@H](O)[C@H]4O)C(C)(C)[C@@H]3CC[C@]12C. The molecule has 4 saturated heterocycles. The molecule has 4 aliphatic carbocycles. The first kappa shape index (κ1) is 59.7. The molecule has 22 heteroatoms. The van der Waals surface area contributed by atoms with E-state index >= 15 is 4.79 Å². The Hall–Kier alpha value is -1.43. The predicted octanol–water partition coefficient (Wildman–Crippen LogP) is -1.09. The molecule has 75 heavy (non-hydrogen) atoms. The van der Waals surface area contributed by atoms with Gasteiger partial charge in [-0.15, -0.1) is 0 Å². The molecular weight excluding hydrogens is 989 g/mol. The van der Waals surface area contributed by atoms with Crippen molar-refractivity contribution < 1.29 is 109 Å². The summed E-state index contributed by atoms with van der Waals surface area (Å²) in [5.74, 6) is -1.18. The van der Waals surface area contributed by atoms with Crippen molar-refractivity contribution in [2.24, 2.45) is 45.3 Å². The van der Waals surface area contributed by atoms with Crippen LogP contribution in [0.3, 0.4) is 0 Å². The first-order valence-corrected chi connectivity index (χ1v) is 27.0. The highest BCUT2D eigenvalue weighted by Gasteiger charge is 2.72. The summed E-state index contributed by atoms with van der Waals surface area (Å²) in [6, 6.07) is 0. The van der Waals surface area contributed by atoms with Gasteiger partial charge in [-0.3, -0.25) is 4.79 Å². The lowest BCUT2D eigenvalue weighted by Gasteiger charge is -2.69. The maximum atomic E-state index is 15.2. The summed E-state index contributed by atoms with van der Waals surface area (Å²) in [4.78, 5) is 15.2. The van der Waals surface area contributed by atoms with Crippen LogP contribution in [0.1, 0.15) is 107 Å². The van der Waals surface area contributed by atoms with Gasteiger partial charge < -0.3 is 104 Å². The maximum absolute atomic E-state index is 15.2. The summed E-state index contributed by atoms with van der Waals surface area (Å²) in [7, 11) is 1.58. The second-order valence-corrected chi connectivity index (χ2v) is 25.2. The molecule has 8 aliphatic rings. The number of methoxy groups -OCH3 is 1. The van der Waals surface area contributed by atoms with Crippen LogP contribution in [0.5, 0.6) is 0 Å². The van der Waals surface area contributed by atoms with Gasteiger partial charge in [0.15, 0.2) is 25.2 Å². The number of carbonyl (C=O) groups excluding carboxylic acids is 1. The molecular formula is C53H88O22. The zero-order valence-electron chi connectivity index (χ0n) is 44.9. The van der Waals surface area contributed by atoms with Crippen molar-refractivity contribution >= 4 is 5.78 Å². The van der Waals surface area contributed by atoms with Gasteiger partial charge in [-0.05, 0) is 99.2 Å². The van der Waals surface area contributed by atoms with Gasteiger partial charge in [-0.1, -0.05) is 46.8 Å². The lowest BCUT2D eigenvalue weighted by molar-refractivity contribution is -0.383. The molecule has 0 aromatic carbocycles. The summed E-state index contributed by atoms with van der Waals surface area (Å²) in [6.45, 7) is 14.5. The van der Waals surface area contributed by atoms with E-state index in [2.05, 4.69) is 34.6 Å². The Labute approximate surface area is 439 Å². The van der Waals surface area contributed by atoms with Crippen LogP contribution in [0.15, 0.2) is 12.2 Å². The second-order valence-electron chi connectivity index (χ2n) is 25.2. The fraction of sp³-hybridized carbons (Fsp3) is 0.943. The zero-order chi connectivity index (χ0) is 55.1. The zero-order valence-corrected chi connectivity index (χ0v) is 44.9. The Bertz CT molecular complexity index is 1990. The molecule has 0 unspecified atom stereocenters. The quantitative estimate of drug-likeness (QED) is 0.0685. The Kier molecular flexibility index (Phi) is 17.6. The first-order chi connectivity index (χ1) is 35.0. The van der Waals surface area contributed by atoms with E-state index in [9.17, 15) is 61.3 Å². The number of fused-ring (bicyclic) bond motifs is 5. The number of aliphatic hydroxyl groups is 12. The van der Waals surface area contributed by atoms with Crippen molar-refractivity contribution in [1.29, 1.82) is 0 Å². The van der Waals surface area contributed by atoms with Gasteiger partial charge in [-0.2, -0.15) is 0 Å². The number of hydrogen-bond acceptors (Lipinski definition) is 22. The highest BCUT2D eigenvalue weighted by Crippen LogP contribution is 2.75. The number of aliphatic hydroxyl groups excluding tert-OH is 11. The van der Waals surface area contributed by atoms with Crippen LogP contribution in [-0.2, 0) is 47.4 Å². The van der Waals surface area contributed by atoms with E-state index in [0.717, 1.165) is 12.8 Å². The molecule has 4 heterocycles. The van der Waals surface area contributed by atoms with Crippen molar-refractivity contribution in [3.63, 3.8) is 0 Å². The van der Waals surface area contributed by atoms with Crippen LogP contribution in [0.4, 0.5) is 0 Å². The average Bonchev–Trinajstić information content (AvgIpc) is 3.77. The molecule has 0 bridgehead atoms. The minimum Gasteiger partial charge on any atom is -0.394 e. The fourth-order valence-electron chi connectivity index (χ4n) is 15.3. The number of hydrogen-bond donors (Lipinski definition) is 12. The minimum absolute atomic E-state index is 0.00500. The summed E-state index contributed by atoms with van der Waals surface area (Å²) in [5, 5.41) is 130. The third kappa shape index (κ3) is 10.6. The van der Waals surface area contributed by atoms with E-state index in [1.165, 1.54) is 6.92 Å². The molecule has 0 radical (unpaired) electrons. The molecule has 4 saturated carbocycles. The third-order valence-corrected chi connectivity index (χ3v) is 20.2. The van der Waals surface area contributed by atoms with Crippen molar-refractivity contribution in [3.8, 4) is 0 Å². The number of ether oxygens (including phenoxy) is 9. The molecule has 8 fully saturated rings. The number of rotatable bonds is 15. The Balaban J connectivity index is 1.04. The summed E-state index contributed by atoms with van der Waals surface area (Å²) < 4.78 is 54.4. The van der Waals surface area contributed by atoms with E-state index in [1.54, 1.807) is 13.2 Å².